The average Bonchev–Trinajstić information content (AvgIpc) is 1.36. The van der Waals surface area contributed by atoms with Gasteiger partial charge < -0.3 is 5.11 Å². The van der Waals surface area contributed by atoms with Crippen LogP contribution in [0.25, 0.3) is 0 Å². The first-order valence-corrected chi connectivity index (χ1v) is 1.97. The molecule has 0 heterocycles. The molecule has 0 aliphatic carbocycles. The summed E-state index contributed by atoms with van der Waals surface area (Å²) in [7, 11) is 3.74. The van der Waals surface area contributed by atoms with Gasteiger partial charge >= 0.3 is 0 Å². The van der Waals surface area contributed by atoms with Gasteiger partial charge in [0.15, 0.2) is 0 Å². The molecule has 1 N–H and O–H groups in total. The van der Waals surface area contributed by atoms with E-state index in [4.69, 9.17) is 5.11 Å². The first kappa shape index (κ1) is 5.67. The molecule has 0 bridgehead atoms. The van der Waals surface area contributed by atoms with E-state index in [1.807, 2.05) is 15.7 Å². The van der Waals surface area contributed by atoms with Crippen molar-refractivity contribution in [2.75, 3.05) is 0 Å². The Kier molecular flexibility index (Phi) is 1.85. The second kappa shape index (κ2) is 1.96. The number of hydrogen-bond acceptors (Lipinski definition) is 1. The van der Waals surface area contributed by atoms with Crippen LogP contribution in [0.15, 0.2) is 11.1 Å². The van der Waals surface area contributed by atoms with Crippen LogP contribution in [-0.4, -0.2) is 20.8 Å². The van der Waals surface area contributed by atoms with Gasteiger partial charge in [-0.05, 0) is 6.92 Å². The summed E-state index contributed by atoms with van der Waals surface area (Å²) in [5, 5.41) is 9.49. The second-order valence-corrected chi connectivity index (χ2v) is 1.59. The van der Waals surface area contributed by atoms with Crippen LogP contribution in [0, 0.1) is 0 Å². The van der Waals surface area contributed by atoms with Crippen molar-refractivity contribution in [3.8, 4) is 0 Å². The van der Waals surface area contributed by atoms with E-state index in [0.29, 0.717) is 5.76 Å². The van der Waals surface area contributed by atoms with Crippen molar-refractivity contribution in [3.63, 3.8) is 0 Å². The maximum Gasteiger partial charge on any atom is 0.126 e. The minimum absolute atomic E-state index is 0.426. The van der Waals surface area contributed by atoms with Crippen molar-refractivity contribution in [1.82, 2.24) is 0 Å². The lowest BCUT2D eigenvalue weighted by Crippen LogP contribution is -1.83. The maximum atomic E-state index is 8.51. The third-order valence-electron chi connectivity index (χ3n) is 0.724. The van der Waals surface area contributed by atoms with Gasteiger partial charge in [-0.3, -0.25) is 0 Å². The van der Waals surface area contributed by atoms with Crippen molar-refractivity contribution in [1.29, 1.82) is 0 Å². The Balaban J connectivity index is 3.68. The van der Waals surface area contributed by atoms with Gasteiger partial charge in [0, 0.05) is 0 Å². The fourth-order valence-corrected chi connectivity index (χ4v) is 0. The fraction of sp³-hybridized carbons (Fsp3) is 0.333. The van der Waals surface area contributed by atoms with Crippen LogP contribution in [0.3, 0.4) is 0 Å². The molecule has 0 aromatic heterocycles. The highest BCUT2D eigenvalue weighted by Gasteiger charge is 1.79. The van der Waals surface area contributed by atoms with Gasteiger partial charge in [0.25, 0.3) is 0 Å². The molecule has 6 heavy (non-hydrogen) atoms. The Labute approximate surface area is 39.9 Å². The Hall–Kier alpha value is -0.330. The summed E-state index contributed by atoms with van der Waals surface area (Å²) < 4.78 is 0. The Morgan fingerprint density at radius 2 is 1.67 bits per heavy atom. The zero-order valence-corrected chi connectivity index (χ0v) is 4.45. The summed E-state index contributed by atoms with van der Waals surface area (Å²) in [6.07, 6.45) is 0. The van der Waals surface area contributed by atoms with Crippen molar-refractivity contribution in [2.24, 2.45) is 0 Å². The normalized spacial score (nSPS) is 7.50. The number of allylic oxidation sites excluding steroid dienone is 1. The average molecular weight is 81.7 g/mol. The molecule has 0 unspecified atom stereocenters. The summed E-state index contributed by atoms with van der Waals surface area (Å²) in [5.74, 6) is 0.426. The van der Waals surface area contributed by atoms with Crippen LogP contribution in [0.2, 0.25) is 0 Å². The van der Waals surface area contributed by atoms with Gasteiger partial charge in [-0.25, -0.2) is 0 Å². The van der Waals surface area contributed by atoms with E-state index in [2.05, 4.69) is 0 Å². The van der Waals surface area contributed by atoms with E-state index in [1.165, 1.54) is 0 Å². The van der Waals surface area contributed by atoms with E-state index >= 15 is 0 Å². The van der Waals surface area contributed by atoms with E-state index in [0.717, 1.165) is 5.37 Å². The molecule has 0 aliphatic heterocycles. The third kappa shape index (κ3) is 1.94. The molecule has 0 spiro atoms. The molecule has 0 atom stereocenters. The van der Waals surface area contributed by atoms with E-state index in [1.54, 1.807) is 6.92 Å². The van der Waals surface area contributed by atoms with E-state index < -0.39 is 0 Å². The summed E-state index contributed by atoms with van der Waals surface area (Å²) in [6.45, 7) is 1.68. The van der Waals surface area contributed by atoms with E-state index in [-0.39, 0.29) is 0 Å². The molecule has 0 amide bonds. The molecule has 1 nitrogen and oxygen atoms in total. The predicted octanol–water partition coefficient (Wildman–Crippen LogP) is -1.00. The van der Waals surface area contributed by atoms with Gasteiger partial charge in [0.05, 0.1) is 5.76 Å². The molecular formula is C3H8B2O. The number of rotatable bonds is 0. The number of aliphatic hydroxyl groups excluding tert-OH is 1. The molecule has 0 saturated carbocycles. The van der Waals surface area contributed by atoms with Crippen LogP contribution in [0.1, 0.15) is 6.92 Å². The second-order valence-electron chi connectivity index (χ2n) is 1.59. The van der Waals surface area contributed by atoms with Gasteiger partial charge in [0.1, 0.15) is 15.7 Å². The molecular weight excluding hydrogens is 73.7 g/mol. The zero-order valence-electron chi connectivity index (χ0n) is 4.45. The van der Waals surface area contributed by atoms with Crippen LogP contribution in [-0.2, 0) is 0 Å². The summed E-state index contributed by atoms with van der Waals surface area (Å²) >= 11 is 0. The van der Waals surface area contributed by atoms with Gasteiger partial charge in [0.2, 0.25) is 0 Å². The Bertz CT molecular complexity index is 58.9. The Morgan fingerprint density at radius 3 is 1.67 bits per heavy atom. The topological polar surface area (TPSA) is 20.2 Å². The van der Waals surface area contributed by atoms with Crippen LogP contribution >= 0.6 is 0 Å². The molecule has 0 aliphatic rings. The molecule has 0 fully saturated rings. The zero-order chi connectivity index (χ0) is 5.15. The van der Waals surface area contributed by atoms with Crippen molar-refractivity contribution in [3.05, 3.63) is 11.1 Å². The third-order valence-corrected chi connectivity index (χ3v) is 0.724. The van der Waals surface area contributed by atoms with Gasteiger partial charge in [-0.1, -0.05) is 0 Å². The molecule has 32 valence electrons. The standard InChI is InChI=1S/C3H8B2O/c1-2(6)3(4)5/h6H,4-5H2,1H3. The van der Waals surface area contributed by atoms with Gasteiger partial charge in [-0.15, -0.1) is 5.37 Å². The first-order valence-electron chi connectivity index (χ1n) is 1.97. The Morgan fingerprint density at radius 1 is 1.50 bits per heavy atom. The maximum absolute atomic E-state index is 8.51. The fourth-order valence-electron chi connectivity index (χ4n) is 0. The number of aliphatic hydroxyl groups is 1. The highest BCUT2D eigenvalue weighted by Crippen LogP contribution is 1.85. The summed E-state index contributed by atoms with van der Waals surface area (Å²) in [4.78, 5) is 0. The van der Waals surface area contributed by atoms with Crippen LogP contribution < -0.4 is 0 Å². The highest BCUT2D eigenvalue weighted by molar-refractivity contribution is 6.48. The van der Waals surface area contributed by atoms with Crippen LogP contribution in [0.4, 0.5) is 0 Å². The molecule has 0 rings (SSSR count). The highest BCUT2D eigenvalue weighted by atomic mass is 16.3. The minimum atomic E-state index is 0.426. The molecule has 0 radical (unpaired) electrons. The van der Waals surface area contributed by atoms with Crippen LogP contribution in [0.5, 0.6) is 0 Å². The molecule has 3 heteroatoms. The molecule has 0 aromatic carbocycles. The largest absolute Gasteiger partial charge is 0.514 e. The summed E-state index contributed by atoms with van der Waals surface area (Å²) in [6, 6.07) is 0. The van der Waals surface area contributed by atoms with Crippen molar-refractivity contribution >= 4 is 15.7 Å². The minimum Gasteiger partial charge on any atom is -0.514 e. The lowest BCUT2D eigenvalue weighted by atomic mass is 9.78. The number of hydrogen-bond donors (Lipinski definition) is 1. The SMILES string of the molecule is BC(B)=C(C)O. The first-order chi connectivity index (χ1) is 2.64. The van der Waals surface area contributed by atoms with Crippen molar-refractivity contribution in [2.45, 2.75) is 6.92 Å². The van der Waals surface area contributed by atoms with E-state index in [9.17, 15) is 0 Å². The monoisotopic (exact) mass is 82.1 g/mol. The van der Waals surface area contributed by atoms with Crippen molar-refractivity contribution < 1.29 is 5.11 Å². The lowest BCUT2D eigenvalue weighted by Gasteiger charge is -1.87. The smallest absolute Gasteiger partial charge is 0.126 e. The lowest BCUT2D eigenvalue weighted by molar-refractivity contribution is 0.414. The summed E-state index contributed by atoms with van der Waals surface area (Å²) in [5.41, 5.74) is 0. The molecule has 0 saturated heterocycles. The molecule has 0 aromatic rings. The predicted molar refractivity (Wildman–Crippen MR) is 32.4 cm³/mol. The van der Waals surface area contributed by atoms with Gasteiger partial charge in [-0.2, -0.15) is 0 Å². The quantitative estimate of drug-likeness (QED) is 0.293.